The topological polar surface area (TPSA) is 102 Å². The van der Waals surface area contributed by atoms with Gasteiger partial charge in [-0.05, 0) is 70.6 Å². The third-order valence-electron chi connectivity index (χ3n) is 6.34. The molecular formula is C24H32FN5O3. The van der Waals surface area contributed by atoms with Gasteiger partial charge in [0.25, 0.3) is 5.91 Å². The van der Waals surface area contributed by atoms with E-state index < -0.39 is 23.2 Å². The molecule has 1 fully saturated rings. The van der Waals surface area contributed by atoms with Gasteiger partial charge < -0.3 is 20.7 Å². The molecule has 0 saturated heterocycles. The number of ether oxygens (including phenoxy) is 1. The van der Waals surface area contributed by atoms with Crippen molar-refractivity contribution in [3.8, 4) is 0 Å². The molecule has 3 heterocycles. The monoisotopic (exact) mass is 457 g/mol. The van der Waals surface area contributed by atoms with Crippen molar-refractivity contribution >= 4 is 28.8 Å². The highest BCUT2D eigenvalue weighted by Crippen LogP contribution is 2.37. The summed E-state index contributed by atoms with van der Waals surface area (Å²) in [7, 11) is 0. The molecule has 0 radical (unpaired) electrons. The summed E-state index contributed by atoms with van der Waals surface area (Å²) in [6.07, 6.45) is 7.57. The van der Waals surface area contributed by atoms with Crippen molar-refractivity contribution in [1.82, 2.24) is 14.5 Å². The molecule has 2 aromatic rings. The predicted molar refractivity (Wildman–Crippen MR) is 125 cm³/mol. The second kappa shape index (κ2) is 8.35. The van der Waals surface area contributed by atoms with Crippen molar-refractivity contribution in [1.29, 1.82) is 0 Å². The number of carbonyl (C=O) groups is 2. The first-order chi connectivity index (χ1) is 15.4. The van der Waals surface area contributed by atoms with Gasteiger partial charge in [0.2, 0.25) is 0 Å². The molecule has 1 saturated carbocycles. The number of nitrogens with two attached hydrogens (primary N) is 1. The van der Waals surface area contributed by atoms with E-state index in [-0.39, 0.29) is 11.7 Å². The molecule has 0 unspecified atom stereocenters. The van der Waals surface area contributed by atoms with Crippen LogP contribution in [0.25, 0.3) is 11.1 Å². The Bertz CT molecular complexity index is 1120. The highest BCUT2D eigenvalue weighted by atomic mass is 19.1. The summed E-state index contributed by atoms with van der Waals surface area (Å²) in [5.74, 6) is -0.612. The number of hydrogen-bond acceptors (Lipinski definition) is 5. The Morgan fingerprint density at radius 3 is 2.70 bits per heavy atom. The molecule has 33 heavy (non-hydrogen) atoms. The third-order valence-corrected chi connectivity index (χ3v) is 6.34. The maximum atomic E-state index is 14.9. The van der Waals surface area contributed by atoms with Crippen LogP contribution in [0.5, 0.6) is 0 Å². The highest BCUT2D eigenvalue weighted by molar-refractivity contribution is 6.02. The van der Waals surface area contributed by atoms with Crippen LogP contribution in [-0.2, 0) is 4.74 Å². The minimum absolute atomic E-state index is 0.239. The fourth-order valence-corrected chi connectivity index (χ4v) is 4.52. The fraction of sp³-hybridized carbons (Fsp3) is 0.542. The molecule has 2 amide bonds. The summed E-state index contributed by atoms with van der Waals surface area (Å²) in [6, 6.07) is 1.53. The molecule has 0 spiro atoms. The lowest BCUT2D eigenvalue weighted by atomic mass is 10.0. The van der Waals surface area contributed by atoms with Gasteiger partial charge in [-0.25, -0.2) is 13.7 Å². The first-order valence-corrected chi connectivity index (χ1v) is 11.4. The average Bonchev–Trinajstić information content (AvgIpc) is 3.30. The molecule has 2 aromatic heterocycles. The van der Waals surface area contributed by atoms with E-state index in [0.29, 0.717) is 43.6 Å². The lowest BCUT2D eigenvalue weighted by Crippen LogP contribution is -2.39. The summed E-state index contributed by atoms with van der Waals surface area (Å²) in [6.45, 7) is 8.12. The van der Waals surface area contributed by atoms with Gasteiger partial charge in [0.05, 0.1) is 29.0 Å². The molecular weight excluding hydrogens is 425 g/mol. The van der Waals surface area contributed by atoms with Crippen molar-refractivity contribution in [3.05, 3.63) is 35.7 Å². The third kappa shape index (κ3) is 4.82. The van der Waals surface area contributed by atoms with E-state index in [1.54, 1.807) is 16.3 Å². The predicted octanol–water partition coefficient (Wildman–Crippen LogP) is 4.15. The average molecular weight is 458 g/mol. The quantitative estimate of drug-likeness (QED) is 0.718. The Hall–Kier alpha value is -3.10. The highest BCUT2D eigenvalue weighted by Gasteiger charge is 2.39. The summed E-state index contributed by atoms with van der Waals surface area (Å²) >= 11 is 0. The maximum Gasteiger partial charge on any atom is 0.410 e. The first-order valence-electron chi connectivity index (χ1n) is 11.4. The summed E-state index contributed by atoms with van der Waals surface area (Å²) in [4.78, 5) is 26.1. The minimum atomic E-state index is -1.36. The number of amides is 2. The van der Waals surface area contributed by atoms with Crippen molar-refractivity contribution in [3.63, 3.8) is 0 Å². The zero-order chi connectivity index (χ0) is 24.0. The Morgan fingerprint density at radius 2 is 2.12 bits per heavy atom. The van der Waals surface area contributed by atoms with Gasteiger partial charge in [-0.15, -0.1) is 0 Å². The second-order valence-corrected chi connectivity index (χ2v) is 10.1. The molecule has 9 heteroatoms. The Kier molecular flexibility index (Phi) is 5.84. The van der Waals surface area contributed by atoms with E-state index in [0.717, 1.165) is 17.6 Å². The number of aromatic nitrogens is 2. The van der Waals surface area contributed by atoms with Gasteiger partial charge >= 0.3 is 6.09 Å². The normalized spacial score (nSPS) is 23.5. The van der Waals surface area contributed by atoms with Crippen molar-refractivity contribution < 1.29 is 18.7 Å². The van der Waals surface area contributed by atoms with Gasteiger partial charge in [0.1, 0.15) is 11.3 Å². The van der Waals surface area contributed by atoms with Crippen LogP contribution >= 0.6 is 0 Å². The summed E-state index contributed by atoms with van der Waals surface area (Å²) in [5, 5.41) is 7.60. The summed E-state index contributed by atoms with van der Waals surface area (Å²) in [5.41, 5.74) is 7.12. The van der Waals surface area contributed by atoms with Crippen LogP contribution in [0.2, 0.25) is 0 Å². The Balaban J connectivity index is 1.62. The summed E-state index contributed by atoms with van der Waals surface area (Å²) < 4.78 is 22.1. The zero-order valence-corrected chi connectivity index (χ0v) is 19.7. The number of nitrogens with zero attached hydrogens (tertiary/aromatic N) is 3. The lowest BCUT2D eigenvalue weighted by molar-refractivity contribution is 0.0270. The van der Waals surface area contributed by atoms with E-state index in [9.17, 15) is 14.0 Å². The van der Waals surface area contributed by atoms with Gasteiger partial charge in [-0.3, -0.25) is 4.79 Å². The van der Waals surface area contributed by atoms with Crippen LogP contribution in [-0.4, -0.2) is 56.9 Å². The molecule has 8 nitrogen and oxygen atoms in total. The Labute approximate surface area is 192 Å². The fourth-order valence-electron chi connectivity index (χ4n) is 4.52. The van der Waals surface area contributed by atoms with Crippen LogP contribution in [0.15, 0.2) is 24.5 Å². The van der Waals surface area contributed by atoms with Crippen LogP contribution in [0.3, 0.4) is 0 Å². The molecule has 1 aliphatic heterocycles. The maximum absolute atomic E-state index is 14.9. The minimum Gasteiger partial charge on any atom is -0.444 e. The SMILES string of the molecule is CC(C)(C)OC(=O)N1CC=C(c2cc3c(N[C@@H]4CCC[C@]4(C)F)c(C(N)=O)cnn3c2)CC1. The van der Waals surface area contributed by atoms with Crippen LogP contribution in [0.4, 0.5) is 14.9 Å². The van der Waals surface area contributed by atoms with Crippen LogP contribution in [0.1, 0.15) is 69.3 Å². The molecule has 178 valence electrons. The first kappa shape index (κ1) is 23.1. The van der Waals surface area contributed by atoms with E-state index in [2.05, 4.69) is 10.4 Å². The molecule has 1 aliphatic carbocycles. The standard InChI is InChI=1S/C24H32FN5O3/c1-23(2,3)33-22(32)29-10-7-15(8-11-29)16-12-18-20(28-19-6-5-9-24(19,4)25)17(21(26)31)13-27-30(18)14-16/h7,12-14,19,28H,5-6,8-11H2,1-4H3,(H2,26,31)/t19-,24+/m1/s1. The number of hydrogen-bond donors (Lipinski definition) is 2. The number of alkyl halides is 1. The number of carbonyl (C=O) groups excluding carboxylic acids is 2. The van der Waals surface area contributed by atoms with E-state index in [1.165, 1.54) is 6.20 Å². The molecule has 0 aromatic carbocycles. The number of primary amides is 1. The number of rotatable bonds is 4. The largest absolute Gasteiger partial charge is 0.444 e. The van der Waals surface area contributed by atoms with Crippen molar-refractivity contribution in [2.75, 3.05) is 18.4 Å². The van der Waals surface area contributed by atoms with Crippen molar-refractivity contribution in [2.24, 2.45) is 5.73 Å². The number of fused-ring (bicyclic) bond motifs is 1. The lowest BCUT2D eigenvalue weighted by Gasteiger charge is -2.29. The Morgan fingerprint density at radius 1 is 1.36 bits per heavy atom. The van der Waals surface area contributed by atoms with E-state index in [4.69, 9.17) is 10.5 Å². The van der Waals surface area contributed by atoms with Gasteiger partial charge in [0, 0.05) is 19.3 Å². The smallest absolute Gasteiger partial charge is 0.410 e. The molecule has 4 rings (SSSR count). The number of anilines is 1. The molecule has 2 aliphatic rings. The van der Waals surface area contributed by atoms with Crippen LogP contribution in [0, 0.1) is 0 Å². The number of nitrogens with one attached hydrogen (secondary N) is 1. The molecule has 3 N–H and O–H groups in total. The molecule has 2 atom stereocenters. The number of halogens is 1. The second-order valence-electron chi connectivity index (χ2n) is 10.1. The van der Waals surface area contributed by atoms with E-state index >= 15 is 0 Å². The van der Waals surface area contributed by atoms with E-state index in [1.807, 2.05) is 39.1 Å². The zero-order valence-electron chi connectivity index (χ0n) is 19.7. The van der Waals surface area contributed by atoms with Gasteiger partial charge in [-0.2, -0.15) is 5.10 Å². The van der Waals surface area contributed by atoms with Crippen LogP contribution < -0.4 is 11.1 Å². The van der Waals surface area contributed by atoms with Crippen molar-refractivity contribution in [2.45, 2.75) is 70.7 Å². The van der Waals surface area contributed by atoms with Gasteiger partial charge in [0.15, 0.2) is 0 Å². The van der Waals surface area contributed by atoms with Gasteiger partial charge in [-0.1, -0.05) is 6.08 Å². The molecule has 0 bridgehead atoms.